The number of nitrogens with one attached hydrogen (secondary N) is 1. The Kier molecular flexibility index (Phi) is 3.00. The molecule has 1 aromatic rings. The third kappa shape index (κ3) is 2.53. The van der Waals surface area contributed by atoms with Crippen LogP contribution in [0.1, 0.15) is 24.0 Å². The van der Waals surface area contributed by atoms with Gasteiger partial charge < -0.3 is 5.32 Å². The van der Waals surface area contributed by atoms with E-state index in [1.54, 1.807) is 6.92 Å². The van der Waals surface area contributed by atoms with Crippen LogP contribution in [0.15, 0.2) is 12.1 Å². The van der Waals surface area contributed by atoms with Gasteiger partial charge in [-0.3, -0.25) is 0 Å². The lowest BCUT2D eigenvalue weighted by molar-refractivity contribution is 0.541. The van der Waals surface area contributed by atoms with Gasteiger partial charge in [-0.2, -0.15) is 0 Å². The van der Waals surface area contributed by atoms with Crippen molar-refractivity contribution in [3.05, 3.63) is 34.9 Å². The first kappa shape index (κ1) is 10.6. The molecule has 0 bridgehead atoms. The van der Waals surface area contributed by atoms with Crippen molar-refractivity contribution >= 4 is 0 Å². The van der Waals surface area contributed by atoms with E-state index in [0.717, 1.165) is 0 Å². The van der Waals surface area contributed by atoms with Crippen LogP contribution in [0.5, 0.6) is 0 Å². The van der Waals surface area contributed by atoms with Gasteiger partial charge in [0, 0.05) is 11.6 Å². The van der Waals surface area contributed by atoms with Gasteiger partial charge in [-0.05, 0) is 44.4 Å². The van der Waals surface area contributed by atoms with Crippen LogP contribution in [0.2, 0.25) is 0 Å². The summed E-state index contributed by atoms with van der Waals surface area (Å²) in [5, 5.41) is 3.25. The Morgan fingerprint density at radius 1 is 1.33 bits per heavy atom. The minimum Gasteiger partial charge on any atom is -0.314 e. The normalized spacial score (nSPS) is 15.7. The summed E-state index contributed by atoms with van der Waals surface area (Å²) in [5.41, 5.74) is 0.723. The van der Waals surface area contributed by atoms with Crippen LogP contribution >= 0.6 is 0 Å². The van der Waals surface area contributed by atoms with E-state index in [1.807, 2.05) is 0 Å². The second-order valence-electron chi connectivity index (χ2n) is 4.14. The van der Waals surface area contributed by atoms with Gasteiger partial charge in [0.2, 0.25) is 0 Å². The fourth-order valence-electron chi connectivity index (χ4n) is 1.63. The van der Waals surface area contributed by atoms with Crippen LogP contribution in [0.3, 0.4) is 0 Å². The van der Waals surface area contributed by atoms with Gasteiger partial charge in [-0.25, -0.2) is 8.78 Å². The summed E-state index contributed by atoms with van der Waals surface area (Å²) in [6.45, 7) is 2.31. The minimum absolute atomic E-state index is 0.211. The first-order valence-electron chi connectivity index (χ1n) is 5.35. The van der Waals surface area contributed by atoms with Crippen molar-refractivity contribution in [2.45, 2.75) is 32.2 Å². The fourth-order valence-corrected chi connectivity index (χ4v) is 1.63. The van der Waals surface area contributed by atoms with E-state index in [9.17, 15) is 8.78 Å². The number of hydrogen-bond donors (Lipinski definition) is 1. The molecule has 0 spiro atoms. The molecule has 15 heavy (non-hydrogen) atoms. The van der Waals surface area contributed by atoms with Gasteiger partial charge in [0.25, 0.3) is 0 Å². The van der Waals surface area contributed by atoms with Crippen LogP contribution in [0, 0.1) is 18.6 Å². The first-order chi connectivity index (χ1) is 7.18. The summed E-state index contributed by atoms with van der Waals surface area (Å²) in [5.74, 6) is -0.830. The van der Waals surface area contributed by atoms with E-state index < -0.39 is 11.6 Å². The zero-order valence-corrected chi connectivity index (χ0v) is 8.82. The lowest BCUT2D eigenvalue weighted by Crippen LogP contribution is -2.20. The smallest absolute Gasteiger partial charge is 0.132 e. The molecule has 1 fully saturated rings. The van der Waals surface area contributed by atoms with Crippen molar-refractivity contribution in [2.24, 2.45) is 0 Å². The Labute approximate surface area is 88.5 Å². The highest BCUT2D eigenvalue weighted by Gasteiger charge is 2.20. The molecule has 1 aromatic carbocycles. The van der Waals surface area contributed by atoms with E-state index in [1.165, 1.54) is 25.0 Å². The Morgan fingerprint density at radius 2 is 2.07 bits per heavy atom. The van der Waals surface area contributed by atoms with Gasteiger partial charge >= 0.3 is 0 Å². The lowest BCUT2D eigenvalue weighted by Gasteiger charge is -2.07. The highest BCUT2D eigenvalue weighted by atomic mass is 19.1. The van der Waals surface area contributed by atoms with Crippen molar-refractivity contribution in [2.75, 3.05) is 6.54 Å². The number of rotatable bonds is 4. The average Bonchev–Trinajstić information content (AvgIpc) is 3.01. The van der Waals surface area contributed by atoms with E-state index in [0.29, 0.717) is 24.6 Å². The predicted octanol–water partition coefficient (Wildman–Crippen LogP) is 2.57. The summed E-state index contributed by atoms with van der Waals surface area (Å²) >= 11 is 0. The molecule has 0 heterocycles. The molecule has 1 saturated carbocycles. The van der Waals surface area contributed by atoms with E-state index in [-0.39, 0.29) is 5.56 Å². The van der Waals surface area contributed by atoms with Crippen LogP contribution in [0.25, 0.3) is 0 Å². The number of benzene rings is 1. The maximum Gasteiger partial charge on any atom is 0.132 e. The molecule has 0 atom stereocenters. The van der Waals surface area contributed by atoms with Crippen molar-refractivity contribution in [1.29, 1.82) is 0 Å². The Hall–Kier alpha value is -0.960. The van der Waals surface area contributed by atoms with Crippen LogP contribution in [-0.4, -0.2) is 12.6 Å². The second kappa shape index (κ2) is 4.27. The molecule has 2 rings (SSSR count). The Morgan fingerprint density at radius 3 is 2.73 bits per heavy atom. The molecule has 0 aromatic heterocycles. The summed E-state index contributed by atoms with van der Waals surface area (Å²) < 4.78 is 26.8. The number of hydrogen-bond acceptors (Lipinski definition) is 1. The SMILES string of the molecule is Cc1ccc(F)c(CCNC2CC2)c1F. The fraction of sp³-hybridized carbons (Fsp3) is 0.500. The van der Waals surface area contributed by atoms with Gasteiger partial charge in [0.15, 0.2) is 0 Å². The maximum absolute atomic E-state index is 13.5. The standard InChI is InChI=1S/C12H15F2N/c1-8-2-5-11(13)10(12(8)14)6-7-15-9-3-4-9/h2,5,9,15H,3-4,6-7H2,1H3. The molecule has 1 aliphatic carbocycles. The molecule has 1 nitrogen and oxygen atoms in total. The van der Waals surface area contributed by atoms with Gasteiger partial charge in [-0.1, -0.05) is 6.07 Å². The zero-order chi connectivity index (χ0) is 10.8. The predicted molar refractivity (Wildman–Crippen MR) is 55.8 cm³/mol. The Balaban J connectivity index is 2.01. The highest BCUT2D eigenvalue weighted by Crippen LogP contribution is 2.20. The maximum atomic E-state index is 13.5. The summed E-state index contributed by atoms with van der Waals surface area (Å²) in [4.78, 5) is 0. The third-order valence-corrected chi connectivity index (χ3v) is 2.76. The number of halogens is 2. The van der Waals surface area contributed by atoms with Crippen molar-refractivity contribution in [1.82, 2.24) is 5.32 Å². The van der Waals surface area contributed by atoms with Crippen molar-refractivity contribution in [3.63, 3.8) is 0 Å². The zero-order valence-electron chi connectivity index (χ0n) is 8.82. The van der Waals surface area contributed by atoms with E-state index >= 15 is 0 Å². The summed E-state index contributed by atoms with van der Waals surface area (Å²) in [7, 11) is 0. The average molecular weight is 211 g/mol. The molecule has 0 aliphatic heterocycles. The van der Waals surface area contributed by atoms with Gasteiger partial charge in [-0.15, -0.1) is 0 Å². The third-order valence-electron chi connectivity index (χ3n) is 2.76. The van der Waals surface area contributed by atoms with E-state index in [2.05, 4.69) is 5.32 Å². The highest BCUT2D eigenvalue weighted by molar-refractivity contribution is 5.26. The number of aryl methyl sites for hydroxylation is 1. The summed E-state index contributed by atoms with van der Waals surface area (Å²) in [6, 6.07) is 3.40. The molecule has 82 valence electrons. The van der Waals surface area contributed by atoms with Crippen LogP contribution in [0.4, 0.5) is 8.78 Å². The van der Waals surface area contributed by atoms with Crippen molar-refractivity contribution < 1.29 is 8.78 Å². The largest absolute Gasteiger partial charge is 0.314 e. The van der Waals surface area contributed by atoms with Gasteiger partial charge in [0.1, 0.15) is 11.6 Å². The van der Waals surface area contributed by atoms with Gasteiger partial charge in [0.05, 0.1) is 0 Å². The van der Waals surface area contributed by atoms with Crippen LogP contribution < -0.4 is 5.32 Å². The first-order valence-corrected chi connectivity index (χ1v) is 5.35. The molecule has 0 radical (unpaired) electrons. The monoisotopic (exact) mass is 211 g/mol. The molecule has 1 aliphatic rings. The minimum atomic E-state index is -0.435. The molecule has 0 unspecified atom stereocenters. The molecule has 0 amide bonds. The lowest BCUT2D eigenvalue weighted by atomic mass is 10.1. The topological polar surface area (TPSA) is 12.0 Å². The molecular weight excluding hydrogens is 196 g/mol. The summed E-state index contributed by atoms with van der Waals surface area (Å²) in [6.07, 6.45) is 2.81. The Bertz CT molecular complexity index is 359. The quantitative estimate of drug-likeness (QED) is 0.807. The molecular formula is C12H15F2N. The van der Waals surface area contributed by atoms with Crippen molar-refractivity contribution in [3.8, 4) is 0 Å². The molecule has 1 N–H and O–H groups in total. The molecule has 0 saturated heterocycles. The van der Waals surface area contributed by atoms with Crippen LogP contribution in [-0.2, 0) is 6.42 Å². The molecule has 3 heteroatoms. The second-order valence-corrected chi connectivity index (χ2v) is 4.14. The van der Waals surface area contributed by atoms with E-state index in [4.69, 9.17) is 0 Å².